The fourth-order valence-corrected chi connectivity index (χ4v) is 3.18. The van der Waals surface area contributed by atoms with E-state index in [0.717, 1.165) is 4.47 Å². The van der Waals surface area contributed by atoms with Gasteiger partial charge in [0.25, 0.3) is 5.91 Å². The Morgan fingerprint density at radius 2 is 1.74 bits per heavy atom. The van der Waals surface area contributed by atoms with Crippen molar-refractivity contribution in [3.05, 3.63) is 62.5 Å². The van der Waals surface area contributed by atoms with E-state index in [4.69, 9.17) is 70.2 Å². The van der Waals surface area contributed by atoms with Crippen molar-refractivity contribution in [2.75, 3.05) is 5.32 Å². The Bertz CT molecular complexity index is 862. The molecule has 0 fully saturated rings. The number of carbonyl (C=O) groups is 1. The number of hydrogen-bond acceptors (Lipinski definition) is 2. The largest absolute Gasteiger partial charge is 0.339 e. The summed E-state index contributed by atoms with van der Waals surface area (Å²) >= 11 is 38.3. The second-order valence-electron chi connectivity index (χ2n) is 5.19. The number of nitrogens with one attached hydrogen (secondary N) is 3. The van der Waals surface area contributed by atoms with Gasteiger partial charge in [0, 0.05) is 15.7 Å². The molecule has 0 aliphatic rings. The van der Waals surface area contributed by atoms with E-state index in [1.54, 1.807) is 42.5 Å². The highest BCUT2D eigenvalue weighted by atomic mass is 79.9. The van der Waals surface area contributed by atoms with E-state index in [1.165, 1.54) is 0 Å². The fourth-order valence-electron chi connectivity index (χ4n) is 1.92. The predicted octanol–water partition coefficient (Wildman–Crippen LogP) is 6.17. The molecule has 0 saturated carbocycles. The number of amides is 1. The first-order valence-electron chi connectivity index (χ1n) is 7.22. The fraction of sp³-hybridized carbons (Fsp3) is 0.125. The van der Waals surface area contributed by atoms with Gasteiger partial charge in [0.15, 0.2) is 5.11 Å². The molecule has 0 aliphatic heterocycles. The van der Waals surface area contributed by atoms with Gasteiger partial charge in [0.05, 0.1) is 10.0 Å². The van der Waals surface area contributed by atoms with E-state index in [0.29, 0.717) is 21.3 Å². The van der Waals surface area contributed by atoms with Crippen LogP contribution in [0.25, 0.3) is 0 Å². The minimum absolute atomic E-state index is 0.110. The Morgan fingerprint density at radius 1 is 1.04 bits per heavy atom. The lowest BCUT2D eigenvalue weighted by molar-refractivity contribution is 0.0934. The van der Waals surface area contributed by atoms with Crippen LogP contribution in [0.5, 0.6) is 0 Å². The first-order chi connectivity index (χ1) is 12.6. The van der Waals surface area contributed by atoms with Crippen molar-refractivity contribution in [3.63, 3.8) is 0 Å². The van der Waals surface area contributed by atoms with E-state index in [9.17, 15) is 4.79 Å². The predicted molar refractivity (Wildman–Crippen MR) is 122 cm³/mol. The maximum Gasteiger partial charge on any atom is 0.253 e. The van der Waals surface area contributed by atoms with Crippen LogP contribution in [0.4, 0.5) is 5.69 Å². The Hall–Kier alpha value is -0.470. The summed E-state index contributed by atoms with van der Waals surface area (Å²) in [6.45, 7) is 0. The van der Waals surface area contributed by atoms with Gasteiger partial charge in [0.1, 0.15) is 6.17 Å². The summed E-state index contributed by atoms with van der Waals surface area (Å²) in [7, 11) is 0. The first kappa shape index (κ1) is 22.8. The third-order valence-electron chi connectivity index (χ3n) is 3.14. The lowest BCUT2D eigenvalue weighted by Crippen LogP contribution is -2.56. The van der Waals surface area contributed by atoms with Crippen LogP contribution in [0.2, 0.25) is 10.0 Å². The maximum atomic E-state index is 12.4. The van der Waals surface area contributed by atoms with Gasteiger partial charge in [-0.25, -0.2) is 0 Å². The van der Waals surface area contributed by atoms with Crippen molar-refractivity contribution < 1.29 is 4.79 Å². The number of benzene rings is 2. The van der Waals surface area contributed by atoms with Crippen molar-refractivity contribution in [3.8, 4) is 0 Å². The number of halogens is 6. The maximum absolute atomic E-state index is 12.4. The number of thiocarbonyl (C=S) groups is 1. The molecule has 0 radical (unpaired) electrons. The normalized spacial score (nSPS) is 12.2. The van der Waals surface area contributed by atoms with Gasteiger partial charge in [0.2, 0.25) is 3.79 Å². The third kappa shape index (κ3) is 7.13. The van der Waals surface area contributed by atoms with Crippen LogP contribution in [0, 0.1) is 0 Å². The molecule has 1 amide bonds. The van der Waals surface area contributed by atoms with Gasteiger partial charge in [-0.2, -0.15) is 0 Å². The molecule has 2 aromatic rings. The minimum atomic E-state index is -1.87. The Balaban J connectivity index is 2.08. The van der Waals surface area contributed by atoms with Gasteiger partial charge in [-0.3, -0.25) is 4.79 Å². The van der Waals surface area contributed by atoms with Crippen LogP contribution in [-0.4, -0.2) is 21.0 Å². The lowest BCUT2D eigenvalue weighted by atomic mass is 10.2. The van der Waals surface area contributed by atoms with E-state index in [-0.39, 0.29) is 5.11 Å². The molecule has 4 nitrogen and oxygen atoms in total. The summed E-state index contributed by atoms with van der Waals surface area (Å²) in [4.78, 5) is 12.4. The minimum Gasteiger partial charge on any atom is -0.339 e. The van der Waals surface area contributed by atoms with Crippen LogP contribution < -0.4 is 16.0 Å². The van der Waals surface area contributed by atoms with Crippen molar-refractivity contribution in [2.24, 2.45) is 0 Å². The van der Waals surface area contributed by atoms with Crippen molar-refractivity contribution in [2.45, 2.75) is 9.96 Å². The summed E-state index contributed by atoms with van der Waals surface area (Å²) in [5.41, 5.74) is 0.956. The average molecular weight is 551 g/mol. The van der Waals surface area contributed by atoms with Gasteiger partial charge in [-0.05, 0) is 48.6 Å². The zero-order chi connectivity index (χ0) is 20.2. The van der Waals surface area contributed by atoms with Gasteiger partial charge < -0.3 is 16.0 Å². The number of rotatable bonds is 4. The van der Waals surface area contributed by atoms with Crippen LogP contribution >= 0.6 is 86.2 Å². The Kier molecular flexibility index (Phi) is 8.31. The number of hydrogen-bond donors (Lipinski definition) is 3. The molecule has 1 unspecified atom stereocenters. The van der Waals surface area contributed by atoms with E-state index in [2.05, 4.69) is 31.9 Å². The third-order valence-corrected chi connectivity index (χ3v) is 5.25. The molecule has 0 aliphatic carbocycles. The standard InChI is InChI=1S/C16H11BrCl5N3OS/c17-9-3-1-2-8(6-9)13(26)24-14(16(20,21)22)25-15(27)23-10-4-5-11(18)12(19)7-10/h1-7,14H,(H,24,26)(H2,23,25,27). The van der Waals surface area contributed by atoms with Crippen LogP contribution in [0.3, 0.4) is 0 Å². The summed E-state index contributed by atoms with van der Waals surface area (Å²) in [5, 5.41) is 9.10. The Labute approximate surface area is 195 Å². The molecule has 0 saturated heterocycles. The van der Waals surface area contributed by atoms with Gasteiger partial charge in [-0.15, -0.1) is 0 Å². The highest BCUT2D eigenvalue weighted by Gasteiger charge is 2.35. The van der Waals surface area contributed by atoms with E-state index >= 15 is 0 Å². The first-order valence-corrected chi connectivity index (χ1v) is 10.3. The van der Waals surface area contributed by atoms with Crippen molar-refractivity contribution in [1.82, 2.24) is 10.6 Å². The Morgan fingerprint density at radius 3 is 2.33 bits per heavy atom. The second-order valence-corrected chi connectivity index (χ2v) is 9.69. The molecule has 1 atom stereocenters. The molecule has 0 aromatic heterocycles. The zero-order valence-electron chi connectivity index (χ0n) is 13.2. The van der Waals surface area contributed by atoms with Gasteiger partial charge >= 0.3 is 0 Å². The topological polar surface area (TPSA) is 53.2 Å². The summed E-state index contributed by atoms with van der Waals surface area (Å²) in [6, 6.07) is 11.6. The SMILES string of the molecule is O=C(NC(NC(=S)Nc1ccc(Cl)c(Cl)c1)C(Cl)(Cl)Cl)c1cccc(Br)c1. The zero-order valence-corrected chi connectivity index (χ0v) is 19.4. The molecular formula is C16H11BrCl5N3OS. The summed E-state index contributed by atoms with van der Waals surface area (Å²) < 4.78 is -1.13. The molecule has 0 spiro atoms. The highest BCUT2D eigenvalue weighted by Crippen LogP contribution is 2.30. The molecule has 0 heterocycles. The van der Waals surface area contributed by atoms with E-state index < -0.39 is 15.9 Å². The van der Waals surface area contributed by atoms with Crippen LogP contribution in [-0.2, 0) is 0 Å². The quantitative estimate of drug-likeness (QED) is 0.242. The summed E-state index contributed by atoms with van der Waals surface area (Å²) in [6.07, 6.45) is -1.10. The number of alkyl halides is 3. The number of anilines is 1. The van der Waals surface area contributed by atoms with Crippen molar-refractivity contribution in [1.29, 1.82) is 0 Å². The lowest BCUT2D eigenvalue weighted by Gasteiger charge is -2.27. The monoisotopic (exact) mass is 547 g/mol. The molecule has 27 heavy (non-hydrogen) atoms. The average Bonchev–Trinajstić information content (AvgIpc) is 2.56. The van der Waals surface area contributed by atoms with Gasteiger partial charge in [-0.1, -0.05) is 80.0 Å². The van der Waals surface area contributed by atoms with Crippen LogP contribution in [0.1, 0.15) is 10.4 Å². The molecule has 2 rings (SSSR count). The van der Waals surface area contributed by atoms with Crippen molar-refractivity contribution >= 4 is 103 Å². The highest BCUT2D eigenvalue weighted by molar-refractivity contribution is 9.10. The second kappa shape index (κ2) is 9.83. The van der Waals surface area contributed by atoms with E-state index in [1.807, 2.05) is 0 Å². The van der Waals surface area contributed by atoms with Crippen LogP contribution in [0.15, 0.2) is 46.9 Å². The summed E-state index contributed by atoms with van der Waals surface area (Å²) in [5.74, 6) is -0.447. The molecule has 3 N–H and O–H groups in total. The molecule has 11 heteroatoms. The molecular weight excluding hydrogens is 539 g/mol. The molecule has 144 valence electrons. The molecule has 0 bridgehead atoms. The molecule has 2 aromatic carbocycles. The number of carbonyl (C=O) groups excluding carboxylic acids is 1. The smallest absolute Gasteiger partial charge is 0.253 e.